The van der Waals surface area contributed by atoms with Crippen molar-refractivity contribution in [3.63, 3.8) is 0 Å². The first-order valence-corrected chi connectivity index (χ1v) is 7.42. The fourth-order valence-corrected chi connectivity index (χ4v) is 2.47. The normalized spacial score (nSPS) is 16.6. The van der Waals surface area contributed by atoms with Crippen molar-refractivity contribution in [1.82, 2.24) is 14.9 Å². The van der Waals surface area contributed by atoms with Gasteiger partial charge in [-0.15, -0.1) is 12.4 Å². The van der Waals surface area contributed by atoms with Gasteiger partial charge in [-0.25, -0.2) is 9.97 Å². The maximum absolute atomic E-state index is 12.4. The zero-order valence-electron chi connectivity index (χ0n) is 13.0. The average Bonchev–Trinajstić information content (AvgIpc) is 3.01. The topological polar surface area (TPSA) is 102 Å². The molecule has 1 atom stereocenters. The lowest BCUT2D eigenvalue weighted by atomic mass is 10.2. The molecule has 1 aliphatic heterocycles. The van der Waals surface area contributed by atoms with Crippen LogP contribution in [0.15, 0.2) is 36.7 Å². The summed E-state index contributed by atoms with van der Waals surface area (Å²) in [6.07, 6.45) is 1.57. The molecule has 3 N–H and O–H groups in total. The second kappa shape index (κ2) is 8.05. The van der Waals surface area contributed by atoms with Crippen LogP contribution in [0.2, 0.25) is 0 Å². The molecule has 0 aliphatic carbocycles. The van der Waals surface area contributed by atoms with Crippen LogP contribution in [0.3, 0.4) is 0 Å². The van der Waals surface area contributed by atoms with E-state index in [1.54, 1.807) is 35.2 Å². The molecule has 0 saturated carbocycles. The van der Waals surface area contributed by atoms with E-state index in [4.69, 9.17) is 10.5 Å². The Morgan fingerprint density at radius 2 is 2.21 bits per heavy atom. The van der Waals surface area contributed by atoms with Gasteiger partial charge in [0.2, 0.25) is 5.88 Å². The Balaban J connectivity index is 0.00000208. The number of amides is 1. The molecule has 2 aromatic rings. The summed E-state index contributed by atoms with van der Waals surface area (Å²) in [7, 11) is 0. The number of aliphatic hydroxyl groups is 1. The predicted molar refractivity (Wildman–Crippen MR) is 90.2 cm³/mol. The van der Waals surface area contributed by atoms with E-state index in [0.29, 0.717) is 48.9 Å². The van der Waals surface area contributed by atoms with Crippen LogP contribution < -0.4 is 10.5 Å². The van der Waals surface area contributed by atoms with Crippen molar-refractivity contribution in [3.8, 4) is 11.6 Å². The highest BCUT2D eigenvalue weighted by Gasteiger charge is 2.25. The fraction of sp³-hybridized carbons (Fsp3) is 0.312. The van der Waals surface area contributed by atoms with E-state index in [9.17, 15) is 9.90 Å². The van der Waals surface area contributed by atoms with Crippen LogP contribution in [-0.4, -0.2) is 45.1 Å². The van der Waals surface area contributed by atoms with Crippen molar-refractivity contribution in [2.75, 3.05) is 13.1 Å². The maximum Gasteiger partial charge on any atom is 0.254 e. The van der Waals surface area contributed by atoms with Crippen molar-refractivity contribution < 1.29 is 14.6 Å². The molecule has 0 unspecified atom stereocenters. The Labute approximate surface area is 145 Å². The van der Waals surface area contributed by atoms with Crippen molar-refractivity contribution in [2.45, 2.75) is 19.1 Å². The van der Waals surface area contributed by atoms with Gasteiger partial charge in [0.25, 0.3) is 5.91 Å². The summed E-state index contributed by atoms with van der Waals surface area (Å²) in [6, 6.07) is 8.55. The summed E-state index contributed by atoms with van der Waals surface area (Å²) >= 11 is 0. The third kappa shape index (κ3) is 4.19. The van der Waals surface area contributed by atoms with E-state index < -0.39 is 6.10 Å². The highest BCUT2D eigenvalue weighted by Crippen LogP contribution is 2.22. The molecule has 24 heavy (non-hydrogen) atoms. The second-order valence-electron chi connectivity index (χ2n) is 5.38. The van der Waals surface area contributed by atoms with Gasteiger partial charge in [-0.1, -0.05) is 6.07 Å². The lowest BCUT2D eigenvalue weighted by Crippen LogP contribution is -2.29. The van der Waals surface area contributed by atoms with Crippen molar-refractivity contribution >= 4 is 18.3 Å². The van der Waals surface area contributed by atoms with Crippen LogP contribution in [0.1, 0.15) is 22.5 Å². The number of carbonyl (C=O) groups excluding carboxylic acids is 1. The molecule has 1 aromatic heterocycles. The van der Waals surface area contributed by atoms with Gasteiger partial charge in [-0.05, 0) is 24.6 Å². The standard InChI is InChI=1S/C16H18N4O3.ClH/c17-8-12-7-15(19-10-18-12)23-14-3-1-2-11(6-14)16(22)20-5-4-13(21)9-20;/h1-3,6-7,10,13,21H,4-5,8-9,17H2;1H/t13-;/m0./s1. The minimum Gasteiger partial charge on any atom is -0.439 e. The molecule has 0 bridgehead atoms. The van der Waals surface area contributed by atoms with Gasteiger partial charge < -0.3 is 20.5 Å². The zero-order valence-corrected chi connectivity index (χ0v) is 13.8. The number of nitrogens with zero attached hydrogens (tertiary/aromatic N) is 3. The highest BCUT2D eigenvalue weighted by molar-refractivity contribution is 5.94. The largest absolute Gasteiger partial charge is 0.439 e. The van der Waals surface area contributed by atoms with Crippen LogP contribution in [0.5, 0.6) is 11.6 Å². The van der Waals surface area contributed by atoms with Crippen molar-refractivity contribution in [1.29, 1.82) is 0 Å². The minimum absolute atomic E-state index is 0. The summed E-state index contributed by atoms with van der Waals surface area (Å²) in [5.74, 6) is 0.774. The number of likely N-dealkylation sites (tertiary alicyclic amines) is 1. The number of halogens is 1. The predicted octanol–water partition coefficient (Wildman–Crippen LogP) is 1.36. The molecule has 1 saturated heterocycles. The zero-order chi connectivity index (χ0) is 16.2. The number of β-amino-alcohol motifs (C(OH)–C–C–N with tert-alkyl or cyclic N) is 1. The molecular formula is C16H19ClN4O3. The Bertz CT molecular complexity index is 713. The SMILES string of the molecule is Cl.NCc1cc(Oc2cccc(C(=O)N3CC[C@H](O)C3)c2)ncn1. The minimum atomic E-state index is -0.436. The molecule has 0 radical (unpaired) electrons. The molecule has 2 heterocycles. The Morgan fingerprint density at radius 3 is 2.92 bits per heavy atom. The first-order valence-electron chi connectivity index (χ1n) is 7.42. The number of hydrogen-bond acceptors (Lipinski definition) is 6. The van der Waals surface area contributed by atoms with Gasteiger partial charge in [0, 0.05) is 31.3 Å². The second-order valence-corrected chi connectivity index (χ2v) is 5.38. The van der Waals surface area contributed by atoms with Crippen molar-refractivity contribution in [3.05, 3.63) is 47.9 Å². The molecule has 8 heteroatoms. The number of aliphatic hydroxyl groups excluding tert-OH is 1. The van der Waals surface area contributed by atoms with Gasteiger partial charge in [0.1, 0.15) is 12.1 Å². The van der Waals surface area contributed by atoms with Crippen molar-refractivity contribution in [2.24, 2.45) is 5.73 Å². The van der Waals surface area contributed by atoms with Gasteiger partial charge in [-0.2, -0.15) is 0 Å². The van der Waals surface area contributed by atoms with Crippen LogP contribution in [-0.2, 0) is 6.54 Å². The van der Waals surface area contributed by atoms with Crippen LogP contribution in [0.25, 0.3) is 0 Å². The third-order valence-corrected chi connectivity index (χ3v) is 3.66. The molecule has 128 valence electrons. The van der Waals surface area contributed by atoms with E-state index >= 15 is 0 Å². The van der Waals surface area contributed by atoms with Gasteiger partial charge in [0.15, 0.2) is 0 Å². The number of hydrogen-bond donors (Lipinski definition) is 2. The van der Waals surface area contributed by atoms with Crippen LogP contribution in [0.4, 0.5) is 0 Å². The molecule has 1 fully saturated rings. The number of rotatable bonds is 4. The number of carbonyl (C=O) groups is 1. The van der Waals surface area contributed by atoms with E-state index in [1.165, 1.54) is 6.33 Å². The van der Waals surface area contributed by atoms with E-state index in [2.05, 4.69) is 9.97 Å². The lowest BCUT2D eigenvalue weighted by Gasteiger charge is -2.16. The molecule has 1 aliphatic rings. The molecule has 7 nitrogen and oxygen atoms in total. The van der Waals surface area contributed by atoms with E-state index in [1.807, 2.05) is 0 Å². The molecular weight excluding hydrogens is 332 g/mol. The summed E-state index contributed by atoms with van der Waals surface area (Å²) in [5.41, 5.74) is 6.73. The van der Waals surface area contributed by atoms with E-state index in [0.717, 1.165) is 0 Å². The first kappa shape index (κ1) is 18.1. The van der Waals surface area contributed by atoms with Crippen LogP contribution >= 0.6 is 12.4 Å². The molecule has 3 rings (SSSR count). The quantitative estimate of drug-likeness (QED) is 0.863. The molecule has 0 spiro atoms. The summed E-state index contributed by atoms with van der Waals surface area (Å²) < 4.78 is 5.67. The number of aromatic nitrogens is 2. The van der Waals surface area contributed by atoms with Crippen LogP contribution in [0, 0.1) is 0 Å². The molecule has 1 amide bonds. The fourth-order valence-electron chi connectivity index (χ4n) is 2.47. The van der Waals surface area contributed by atoms with Gasteiger partial charge in [-0.3, -0.25) is 4.79 Å². The monoisotopic (exact) mass is 350 g/mol. The summed E-state index contributed by atoms with van der Waals surface area (Å²) in [6.45, 7) is 1.24. The Morgan fingerprint density at radius 1 is 1.38 bits per heavy atom. The number of ether oxygens (including phenoxy) is 1. The van der Waals surface area contributed by atoms with Gasteiger partial charge in [0.05, 0.1) is 11.8 Å². The first-order chi connectivity index (χ1) is 11.2. The summed E-state index contributed by atoms with van der Waals surface area (Å²) in [5, 5.41) is 9.55. The van der Waals surface area contributed by atoms with Gasteiger partial charge >= 0.3 is 0 Å². The Kier molecular flexibility index (Phi) is 6.08. The average molecular weight is 351 g/mol. The highest BCUT2D eigenvalue weighted by atomic mass is 35.5. The number of nitrogens with two attached hydrogens (primary N) is 1. The lowest BCUT2D eigenvalue weighted by molar-refractivity contribution is 0.0764. The van der Waals surface area contributed by atoms with E-state index in [-0.39, 0.29) is 18.3 Å². The third-order valence-electron chi connectivity index (χ3n) is 3.66. The smallest absolute Gasteiger partial charge is 0.254 e. The molecule has 1 aromatic carbocycles. The Hall–Kier alpha value is -2.22. The number of benzene rings is 1. The summed E-state index contributed by atoms with van der Waals surface area (Å²) in [4.78, 5) is 22.1. The maximum atomic E-state index is 12.4.